The van der Waals surface area contributed by atoms with E-state index in [4.69, 9.17) is 4.74 Å². The summed E-state index contributed by atoms with van der Waals surface area (Å²) in [4.78, 5) is 21.1. The van der Waals surface area contributed by atoms with Crippen molar-refractivity contribution in [2.75, 3.05) is 37.7 Å². The van der Waals surface area contributed by atoms with Gasteiger partial charge in [-0.25, -0.2) is 0 Å². The second-order valence-corrected chi connectivity index (χ2v) is 6.97. The number of rotatable bonds is 2. The van der Waals surface area contributed by atoms with Gasteiger partial charge in [-0.15, -0.1) is 0 Å². The zero-order valence-corrected chi connectivity index (χ0v) is 14.9. The highest BCUT2D eigenvalue weighted by molar-refractivity contribution is 5.95. The molecule has 0 bridgehead atoms. The first-order chi connectivity index (χ1) is 12.7. The molecule has 3 heterocycles. The molecule has 134 valence electrons. The normalized spacial score (nSPS) is 20.4. The summed E-state index contributed by atoms with van der Waals surface area (Å²) in [6.45, 7) is 5.44. The van der Waals surface area contributed by atoms with E-state index in [0.717, 1.165) is 35.0 Å². The highest BCUT2D eigenvalue weighted by Gasteiger charge is 2.31. The quantitative estimate of drug-likeness (QED) is 0.831. The van der Waals surface area contributed by atoms with Gasteiger partial charge in [-0.2, -0.15) is 5.26 Å². The molecule has 0 radical (unpaired) electrons. The van der Waals surface area contributed by atoms with Gasteiger partial charge in [0.05, 0.1) is 16.8 Å². The van der Waals surface area contributed by atoms with E-state index in [9.17, 15) is 10.1 Å². The summed E-state index contributed by atoms with van der Waals surface area (Å²) in [7, 11) is 0. The van der Waals surface area contributed by atoms with Gasteiger partial charge in [0.25, 0.3) is 5.91 Å². The van der Waals surface area contributed by atoms with Crippen molar-refractivity contribution in [2.24, 2.45) is 0 Å². The van der Waals surface area contributed by atoms with Crippen LogP contribution in [0.3, 0.4) is 0 Å². The first-order valence-electron chi connectivity index (χ1n) is 9.12. The van der Waals surface area contributed by atoms with Crippen molar-refractivity contribution >= 4 is 22.5 Å². The Hall–Kier alpha value is -2.65. The van der Waals surface area contributed by atoms with E-state index in [1.54, 1.807) is 6.20 Å². The Kier molecular flexibility index (Phi) is 4.48. The van der Waals surface area contributed by atoms with Crippen LogP contribution in [0.4, 0.5) is 5.69 Å². The lowest BCUT2D eigenvalue weighted by atomic mass is 10.1. The molecule has 1 atom stereocenters. The van der Waals surface area contributed by atoms with Crippen molar-refractivity contribution < 1.29 is 9.53 Å². The van der Waals surface area contributed by atoms with Crippen molar-refractivity contribution in [2.45, 2.75) is 25.9 Å². The number of fused-ring (bicyclic) bond motifs is 1. The van der Waals surface area contributed by atoms with Crippen LogP contribution >= 0.6 is 0 Å². The minimum atomic E-state index is -0.263. The van der Waals surface area contributed by atoms with E-state index in [0.29, 0.717) is 38.3 Å². The van der Waals surface area contributed by atoms with Crippen LogP contribution in [0.25, 0.3) is 10.9 Å². The molecule has 2 fully saturated rings. The summed E-state index contributed by atoms with van der Waals surface area (Å²) in [5.74, 6) is 0.109. The average Bonchev–Trinajstić information content (AvgIpc) is 3.21. The van der Waals surface area contributed by atoms with E-state index in [1.165, 1.54) is 0 Å². The van der Waals surface area contributed by atoms with E-state index in [1.807, 2.05) is 30.0 Å². The van der Waals surface area contributed by atoms with Crippen molar-refractivity contribution in [3.8, 4) is 6.07 Å². The Morgan fingerprint density at radius 3 is 2.81 bits per heavy atom. The molecule has 6 nitrogen and oxygen atoms in total. The number of carbonyl (C=O) groups excluding carboxylic acids is 1. The fourth-order valence-electron chi connectivity index (χ4n) is 3.84. The minimum Gasteiger partial charge on any atom is -0.368 e. The lowest BCUT2D eigenvalue weighted by Crippen LogP contribution is -2.51. The van der Waals surface area contributed by atoms with Gasteiger partial charge in [-0.3, -0.25) is 9.78 Å². The van der Waals surface area contributed by atoms with Crippen molar-refractivity contribution in [3.63, 3.8) is 0 Å². The number of piperazine rings is 1. The van der Waals surface area contributed by atoms with Crippen molar-refractivity contribution in [1.82, 2.24) is 9.88 Å². The number of benzene rings is 1. The van der Waals surface area contributed by atoms with E-state index in [2.05, 4.69) is 16.0 Å². The molecule has 2 aliphatic rings. The van der Waals surface area contributed by atoms with E-state index >= 15 is 0 Å². The van der Waals surface area contributed by atoms with E-state index in [-0.39, 0.29) is 12.0 Å². The van der Waals surface area contributed by atoms with Gasteiger partial charge in [-0.05, 0) is 31.4 Å². The van der Waals surface area contributed by atoms with Crippen LogP contribution in [0.2, 0.25) is 0 Å². The number of nitrogens with zero attached hydrogens (tertiary/aromatic N) is 4. The van der Waals surface area contributed by atoms with Crippen LogP contribution in [-0.4, -0.2) is 54.7 Å². The maximum absolute atomic E-state index is 12.5. The molecule has 0 aliphatic carbocycles. The fourth-order valence-corrected chi connectivity index (χ4v) is 3.84. The number of pyridine rings is 1. The molecule has 6 heteroatoms. The first-order valence-corrected chi connectivity index (χ1v) is 9.12. The van der Waals surface area contributed by atoms with Crippen LogP contribution in [0.15, 0.2) is 24.4 Å². The predicted molar refractivity (Wildman–Crippen MR) is 99.0 cm³/mol. The summed E-state index contributed by atoms with van der Waals surface area (Å²) in [6, 6.07) is 8.40. The molecular formula is C20H22N4O2. The van der Waals surface area contributed by atoms with Crippen LogP contribution in [-0.2, 0) is 9.53 Å². The Labute approximate surface area is 153 Å². The summed E-state index contributed by atoms with van der Waals surface area (Å²) < 4.78 is 5.53. The third-order valence-corrected chi connectivity index (χ3v) is 5.23. The molecule has 2 aromatic rings. The highest BCUT2D eigenvalue weighted by Crippen LogP contribution is 2.31. The number of hydrogen-bond acceptors (Lipinski definition) is 5. The molecule has 2 saturated heterocycles. The zero-order chi connectivity index (χ0) is 18.1. The fraction of sp³-hybridized carbons (Fsp3) is 0.450. The van der Waals surface area contributed by atoms with Gasteiger partial charge < -0.3 is 14.5 Å². The third-order valence-electron chi connectivity index (χ3n) is 5.23. The van der Waals surface area contributed by atoms with Crippen molar-refractivity contribution in [3.05, 3.63) is 35.5 Å². The van der Waals surface area contributed by atoms with Gasteiger partial charge in [0.2, 0.25) is 0 Å². The molecule has 26 heavy (non-hydrogen) atoms. The van der Waals surface area contributed by atoms with E-state index < -0.39 is 0 Å². The number of amides is 1. The summed E-state index contributed by atoms with van der Waals surface area (Å²) >= 11 is 0. The lowest BCUT2D eigenvalue weighted by molar-refractivity contribution is -0.141. The number of carbonyl (C=O) groups is 1. The Morgan fingerprint density at radius 2 is 2.12 bits per heavy atom. The number of aryl methyl sites for hydroxylation is 1. The van der Waals surface area contributed by atoms with Gasteiger partial charge in [0.15, 0.2) is 0 Å². The monoisotopic (exact) mass is 350 g/mol. The van der Waals surface area contributed by atoms with Crippen molar-refractivity contribution in [1.29, 1.82) is 5.26 Å². The molecule has 1 unspecified atom stereocenters. The molecule has 1 aromatic heterocycles. The summed E-state index contributed by atoms with van der Waals surface area (Å²) in [5, 5.41) is 10.5. The second kappa shape index (κ2) is 6.93. The summed E-state index contributed by atoms with van der Waals surface area (Å²) in [5.41, 5.74) is 3.56. The molecule has 2 aliphatic heterocycles. The second-order valence-electron chi connectivity index (χ2n) is 6.97. The van der Waals surface area contributed by atoms with Gasteiger partial charge in [-0.1, -0.05) is 12.1 Å². The minimum absolute atomic E-state index is 0.109. The number of aromatic nitrogens is 1. The first kappa shape index (κ1) is 16.8. The predicted octanol–water partition coefficient (Wildman–Crippen LogP) is 2.24. The third kappa shape index (κ3) is 2.99. The van der Waals surface area contributed by atoms with Crippen LogP contribution in [0.5, 0.6) is 0 Å². The number of hydrogen-bond donors (Lipinski definition) is 0. The molecular weight excluding hydrogens is 328 g/mol. The van der Waals surface area contributed by atoms with Gasteiger partial charge in [0, 0.05) is 44.4 Å². The number of nitriles is 1. The Bertz CT molecular complexity index is 875. The maximum atomic E-state index is 12.5. The topological polar surface area (TPSA) is 69.5 Å². The molecule has 0 N–H and O–H groups in total. The van der Waals surface area contributed by atoms with Crippen LogP contribution in [0.1, 0.15) is 24.0 Å². The molecule has 1 amide bonds. The zero-order valence-electron chi connectivity index (χ0n) is 14.9. The average molecular weight is 350 g/mol. The number of ether oxygens (including phenoxy) is 1. The van der Waals surface area contributed by atoms with Gasteiger partial charge >= 0.3 is 0 Å². The molecule has 0 spiro atoms. The maximum Gasteiger partial charge on any atom is 0.251 e. The Morgan fingerprint density at radius 1 is 1.31 bits per heavy atom. The van der Waals surface area contributed by atoms with Gasteiger partial charge in [0.1, 0.15) is 12.2 Å². The largest absolute Gasteiger partial charge is 0.368 e. The highest BCUT2D eigenvalue weighted by atomic mass is 16.5. The smallest absolute Gasteiger partial charge is 0.251 e. The molecule has 1 aromatic carbocycles. The van der Waals surface area contributed by atoms with Crippen LogP contribution < -0.4 is 4.90 Å². The molecule has 4 rings (SSSR count). The number of anilines is 1. The molecule has 0 saturated carbocycles. The SMILES string of the molecule is Cc1ccc2c(N3CCN(C(=O)C4CCCO4)CC3)c(C#N)cnc2c1. The summed E-state index contributed by atoms with van der Waals surface area (Å²) in [6.07, 6.45) is 3.18. The standard InChI is InChI=1S/C20H22N4O2/c1-14-4-5-16-17(11-14)22-13-15(12-21)19(16)23-6-8-24(9-7-23)20(25)18-3-2-10-26-18/h4-5,11,13,18H,2-3,6-10H2,1H3. The Balaban J connectivity index is 1.57. The van der Waals surface area contributed by atoms with Crippen LogP contribution in [0, 0.1) is 18.3 Å². The lowest BCUT2D eigenvalue weighted by Gasteiger charge is -2.37.